The molecule has 100 valence electrons. The molecule has 0 saturated heterocycles. The molecule has 0 radical (unpaired) electrons. The van der Waals surface area contributed by atoms with E-state index < -0.39 is 0 Å². The van der Waals surface area contributed by atoms with Gasteiger partial charge in [0.2, 0.25) is 0 Å². The Morgan fingerprint density at radius 1 is 1.17 bits per heavy atom. The molecule has 3 fully saturated rings. The number of hydrogen-bond acceptors (Lipinski definition) is 2. The molecule has 3 rings (SSSR count). The zero-order chi connectivity index (χ0) is 12.8. The van der Waals surface area contributed by atoms with Gasteiger partial charge >= 0.3 is 0 Å². The number of nitriles is 1. The second-order valence-corrected chi connectivity index (χ2v) is 7.20. The molecule has 0 spiro atoms. The fraction of sp³-hybridized carbons (Fsp3) is 0.938. The fourth-order valence-corrected chi connectivity index (χ4v) is 4.96. The Morgan fingerprint density at radius 3 is 2.39 bits per heavy atom. The summed E-state index contributed by atoms with van der Waals surface area (Å²) in [4.78, 5) is 0. The first kappa shape index (κ1) is 12.5. The molecule has 18 heavy (non-hydrogen) atoms. The van der Waals surface area contributed by atoms with E-state index in [2.05, 4.69) is 13.0 Å². The molecule has 0 aromatic heterocycles. The molecular formula is C16H25NO. The van der Waals surface area contributed by atoms with Gasteiger partial charge in [0.15, 0.2) is 0 Å². The first-order chi connectivity index (χ1) is 8.65. The molecular weight excluding hydrogens is 222 g/mol. The summed E-state index contributed by atoms with van der Waals surface area (Å²) in [5, 5.41) is 20.5. The number of aliphatic hydroxyl groups excluding tert-OH is 1. The van der Waals surface area contributed by atoms with E-state index in [0.717, 1.165) is 31.1 Å². The van der Waals surface area contributed by atoms with E-state index in [9.17, 15) is 10.4 Å². The Hall–Kier alpha value is -0.550. The van der Waals surface area contributed by atoms with Crippen molar-refractivity contribution in [1.29, 1.82) is 5.26 Å². The van der Waals surface area contributed by atoms with Crippen molar-refractivity contribution >= 4 is 0 Å². The third kappa shape index (κ3) is 1.79. The van der Waals surface area contributed by atoms with Crippen molar-refractivity contribution in [2.75, 3.05) is 0 Å². The van der Waals surface area contributed by atoms with E-state index >= 15 is 0 Å². The summed E-state index contributed by atoms with van der Waals surface area (Å²) in [5.41, 5.74) is -0.381. The van der Waals surface area contributed by atoms with Crippen LogP contribution in [0.25, 0.3) is 0 Å². The van der Waals surface area contributed by atoms with Gasteiger partial charge in [-0.15, -0.1) is 0 Å². The van der Waals surface area contributed by atoms with E-state index in [-0.39, 0.29) is 11.5 Å². The third-order valence-electron chi connectivity index (χ3n) is 6.14. The van der Waals surface area contributed by atoms with Crippen LogP contribution < -0.4 is 0 Å². The molecule has 2 nitrogen and oxygen atoms in total. The Kier molecular flexibility index (Phi) is 3.14. The lowest BCUT2D eigenvalue weighted by atomic mass is 9.64. The van der Waals surface area contributed by atoms with Gasteiger partial charge in [-0.2, -0.15) is 5.26 Å². The summed E-state index contributed by atoms with van der Waals surface area (Å²) < 4.78 is 0. The largest absolute Gasteiger partial charge is 0.391 e. The maximum Gasteiger partial charge on any atom is 0.0865 e. The summed E-state index contributed by atoms with van der Waals surface area (Å²) in [5.74, 6) is 2.42. The minimum Gasteiger partial charge on any atom is -0.391 e. The molecule has 3 aliphatic rings. The zero-order valence-electron chi connectivity index (χ0n) is 11.4. The van der Waals surface area contributed by atoms with E-state index in [1.54, 1.807) is 0 Å². The Labute approximate surface area is 110 Å². The number of fused-ring (bicyclic) bond motifs is 2. The van der Waals surface area contributed by atoms with Gasteiger partial charge in [-0.25, -0.2) is 0 Å². The highest BCUT2D eigenvalue weighted by molar-refractivity contribution is 5.15. The number of aliphatic hydroxyl groups is 1. The molecule has 2 bridgehead atoms. The number of hydrogen-bond donors (Lipinski definition) is 1. The van der Waals surface area contributed by atoms with Gasteiger partial charge in [-0.3, -0.25) is 0 Å². The molecule has 2 heteroatoms. The molecule has 0 amide bonds. The van der Waals surface area contributed by atoms with Crippen molar-refractivity contribution in [3.8, 4) is 6.07 Å². The van der Waals surface area contributed by atoms with Crippen molar-refractivity contribution in [2.45, 2.75) is 64.4 Å². The highest BCUT2D eigenvalue weighted by Crippen LogP contribution is 2.59. The summed E-state index contributed by atoms with van der Waals surface area (Å²) in [6, 6.07) is 2.57. The van der Waals surface area contributed by atoms with Crippen LogP contribution in [0.5, 0.6) is 0 Å². The average Bonchev–Trinajstić information content (AvgIpc) is 2.99. The monoisotopic (exact) mass is 247 g/mol. The maximum atomic E-state index is 10.8. The van der Waals surface area contributed by atoms with Crippen LogP contribution in [0.2, 0.25) is 0 Å². The Balaban J connectivity index is 1.74. The molecule has 4 atom stereocenters. The maximum absolute atomic E-state index is 10.8. The zero-order valence-corrected chi connectivity index (χ0v) is 11.4. The Morgan fingerprint density at radius 2 is 1.89 bits per heavy atom. The molecule has 0 aromatic rings. The van der Waals surface area contributed by atoms with Crippen molar-refractivity contribution in [3.05, 3.63) is 0 Å². The minimum absolute atomic E-state index is 0.356. The van der Waals surface area contributed by atoms with Crippen molar-refractivity contribution in [2.24, 2.45) is 29.1 Å². The van der Waals surface area contributed by atoms with Crippen molar-refractivity contribution < 1.29 is 5.11 Å². The molecule has 3 saturated carbocycles. The highest BCUT2D eigenvalue weighted by Gasteiger charge is 2.56. The molecule has 0 aliphatic heterocycles. The first-order valence-electron chi connectivity index (χ1n) is 7.75. The SMILES string of the molecule is CC1CCC(C(O)C2(C#N)CC3CCC2C3)CC1. The van der Waals surface area contributed by atoms with E-state index in [4.69, 9.17) is 0 Å². The second-order valence-electron chi connectivity index (χ2n) is 7.20. The molecule has 4 unspecified atom stereocenters. The van der Waals surface area contributed by atoms with Crippen LogP contribution in [-0.2, 0) is 0 Å². The van der Waals surface area contributed by atoms with Gasteiger partial charge in [0.25, 0.3) is 0 Å². The molecule has 1 N–H and O–H groups in total. The van der Waals surface area contributed by atoms with E-state index in [1.165, 1.54) is 32.1 Å². The van der Waals surface area contributed by atoms with Gasteiger partial charge in [0.05, 0.1) is 17.6 Å². The Bertz CT molecular complexity index is 353. The van der Waals surface area contributed by atoms with Crippen LogP contribution in [0, 0.1) is 40.4 Å². The normalized spacial score (nSPS) is 48.9. The van der Waals surface area contributed by atoms with E-state index in [0.29, 0.717) is 11.8 Å². The lowest BCUT2D eigenvalue weighted by Gasteiger charge is -2.41. The van der Waals surface area contributed by atoms with E-state index in [1.807, 2.05) is 0 Å². The van der Waals surface area contributed by atoms with Gasteiger partial charge in [0, 0.05) is 0 Å². The molecule has 0 heterocycles. The summed E-state index contributed by atoms with van der Waals surface area (Å²) in [7, 11) is 0. The highest BCUT2D eigenvalue weighted by atomic mass is 16.3. The standard InChI is InChI=1S/C16H25NO/c1-11-2-5-13(6-3-11)15(18)16(10-17)9-12-4-7-14(16)8-12/h11-15,18H,2-9H2,1H3. The number of nitrogens with zero attached hydrogens (tertiary/aromatic N) is 1. The number of rotatable bonds is 2. The van der Waals surface area contributed by atoms with Crippen LogP contribution in [-0.4, -0.2) is 11.2 Å². The average molecular weight is 247 g/mol. The predicted octanol–water partition coefficient (Wildman–Crippen LogP) is 3.50. The quantitative estimate of drug-likeness (QED) is 0.811. The fourth-order valence-electron chi connectivity index (χ4n) is 4.96. The summed E-state index contributed by atoms with van der Waals surface area (Å²) in [6.45, 7) is 2.31. The molecule has 3 aliphatic carbocycles. The lowest BCUT2D eigenvalue weighted by Crippen LogP contribution is -2.44. The topological polar surface area (TPSA) is 44.0 Å². The van der Waals surface area contributed by atoms with Crippen LogP contribution in [0.3, 0.4) is 0 Å². The molecule has 0 aromatic carbocycles. The summed E-state index contributed by atoms with van der Waals surface area (Å²) >= 11 is 0. The van der Waals surface area contributed by atoms with Crippen molar-refractivity contribution in [1.82, 2.24) is 0 Å². The van der Waals surface area contributed by atoms with Crippen LogP contribution >= 0.6 is 0 Å². The lowest BCUT2D eigenvalue weighted by molar-refractivity contribution is -0.0323. The third-order valence-corrected chi connectivity index (χ3v) is 6.14. The predicted molar refractivity (Wildman–Crippen MR) is 70.6 cm³/mol. The smallest absolute Gasteiger partial charge is 0.0865 e. The first-order valence-corrected chi connectivity index (χ1v) is 7.75. The minimum atomic E-state index is -0.381. The van der Waals surface area contributed by atoms with Gasteiger partial charge in [-0.05, 0) is 55.8 Å². The van der Waals surface area contributed by atoms with Gasteiger partial charge < -0.3 is 5.11 Å². The van der Waals surface area contributed by atoms with Gasteiger partial charge in [-0.1, -0.05) is 26.2 Å². The van der Waals surface area contributed by atoms with Crippen LogP contribution in [0.4, 0.5) is 0 Å². The summed E-state index contributed by atoms with van der Waals surface area (Å²) in [6.07, 6.45) is 9.02. The van der Waals surface area contributed by atoms with Crippen molar-refractivity contribution in [3.63, 3.8) is 0 Å². The van der Waals surface area contributed by atoms with Gasteiger partial charge in [0.1, 0.15) is 0 Å². The second kappa shape index (κ2) is 4.53. The van der Waals surface area contributed by atoms with Crippen LogP contribution in [0.15, 0.2) is 0 Å². The van der Waals surface area contributed by atoms with Crippen LogP contribution in [0.1, 0.15) is 58.3 Å².